The normalized spacial score (nSPS) is 12.4. The molecule has 6 nitrogen and oxygen atoms in total. The molecule has 0 unspecified atom stereocenters. The summed E-state index contributed by atoms with van der Waals surface area (Å²) in [5.74, 6) is 1.08. The monoisotopic (exact) mass is 332 g/mol. The molecule has 0 fully saturated rings. The third-order valence-corrected chi connectivity index (χ3v) is 3.99. The maximum atomic E-state index is 12.3. The van der Waals surface area contributed by atoms with Crippen LogP contribution in [0.5, 0.6) is 5.75 Å². The van der Waals surface area contributed by atoms with Crippen molar-refractivity contribution in [1.29, 1.82) is 0 Å². The molecule has 2 aromatic heterocycles. The number of ether oxygens (including phenoxy) is 1. The van der Waals surface area contributed by atoms with Crippen molar-refractivity contribution in [2.24, 2.45) is 0 Å². The Morgan fingerprint density at radius 2 is 2.08 bits per heavy atom. The molecule has 25 heavy (non-hydrogen) atoms. The number of pyridine rings is 1. The van der Waals surface area contributed by atoms with Crippen molar-refractivity contribution in [2.75, 3.05) is 11.9 Å². The van der Waals surface area contributed by atoms with Crippen LogP contribution in [-0.4, -0.2) is 27.5 Å². The fourth-order valence-electron chi connectivity index (χ4n) is 2.70. The summed E-state index contributed by atoms with van der Waals surface area (Å²) in [5, 5.41) is 2.76. The van der Waals surface area contributed by atoms with Gasteiger partial charge in [-0.25, -0.2) is 9.97 Å². The quantitative estimate of drug-likeness (QED) is 0.798. The second-order valence-corrected chi connectivity index (χ2v) is 5.83. The molecule has 0 aliphatic carbocycles. The van der Waals surface area contributed by atoms with Gasteiger partial charge in [0.2, 0.25) is 0 Å². The summed E-state index contributed by atoms with van der Waals surface area (Å²) in [6, 6.07) is 11.6. The number of fused-ring (bicyclic) bond motifs is 1. The summed E-state index contributed by atoms with van der Waals surface area (Å²) in [5.41, 5.74) is 3.99. The standard InChI is InChI=1S/C19H16N4O2/c1-12-10-21-16(11-20-12)19(24)23-18-4-2-3-15(22-18)13-5-6-17-14(9-13)7-8-25-17/h2-6,9-11H,7-8H2,1H3,(H,22,23,24). The van der Waals surface area contributed by atoms with Gasteiger partial charge in [-0.05, 0) is 42.8 Å². The number of benzene rings is 1. The molecule has 0 radical (unpaired) electrons. The molecule has 0 spiro atoms. The summed E-state index contributed by atoms with van der Waals surface area (Å²) in [6.45, 7) is 2.54. The maximum Gasteiger partial charge on any atom is 0.277 e. The lowest BCUT2D eigenvalue weighted by molar-refractivity contribution is 0.102. The van der Waals surface area contributed by atoms with Crippen LogP contribution in [0, 0.1) is 6.92 Å². The van der Waals surface area contributed by atoms with Gasteiger partial charge in [-0.1, -0.05) is 6.07 Å². The molecule has 6 heteroatoms. The third-order valence-electron chi connectivity index (χ3n) is 3.99. The first-order valence-electron chi connectivity index (χ1n) is 8.02. The van der Waals surface area contributed by atoms with Crippen molar-refractivity contribution in [1.82, 2.24) is 15.0 Å². The minimum atomic E-state index is -0.334. The van der Waals surface area contributed by atoms with Crippen LogP contribution in [0.4, 0.5) is 5.82 Å². The van der Waals surface area contributed by atoms with Crippen LogP contribution in [0.2, 0.25) is 0 Å². The van der Waals surface area contributed by atoms with Crippen LogP contribution in [0.1, 0.15) is 21.7 Å². The zero-order valence-corrected chi connectivity index (χ0v) is 13.7. The predicted octanol–water partition coefficient (Wildman–Crippen LogP) is 3.03. The van der Waals surface area contributed by atoms with E-state index in [9.17, 15) is 4.79 Å². The molecule has 0 atom stereocenters. The number of hydrogen-bond acceptors (Lipinski definition) is 5. The van der Waals surface area contributed by atoms with Gasteiger partial charge in [-0.2, -0.15) is 0 Å². The highest BCUT2D eigenvalue weighted by Gasteiger charge is 2.14. The third kappa shape index (κ3) is 3.19. The van der Waals surface area contributed by atoms with Gasteiger partial charge in [0.25, 0.3) is 5.91 Å². The van der Waals surface area contributed by atoms with E-state index in [1.54, 1.807) is 12.3 Å². The van der Waals surface area contributed by atoms with Gasteiger partial charge in [0.15, 0.2) is 0 Å². The van der Waals surface area contributed by atoms with Crippen LogP contribution in [0.3, 0.4) is 0 Å². The van der Waals surface area contributed by atoms with E-state index < -0.39 is 0 Å². The second kappa shape index (κ2) is 6.32. The largest absolute Gasteiger partial charge is 0.493 e. The Labute approximate surface area is 144 Å². The molecule has 1 aromatic carbocycles. The first-order chi connectivity index (χ1) is 12.2. The van der Waals surface area contributed by atoms with Crippen LogP contribution in [0.25, 0.3) is 11.3 Å². The van der Waals surface area contributed by atoms with Crippen molar-refractivity contribution >= 4 is 11.7 Å². The highest BCUT2D eigenvalue weighted by molar-refractivity contribution is 6.02. The molecule has 0 saturated heterocycles. The first kappa shape index (κ1) is 15.3. The lowest BCUT2D eigenvalue weighted by Gasteiger charge is -2.07. The Balaban J connectivity index is 1.57. The van der Waals surface area contributed by atoms with Gasteiger partial charge in [-0.15, -0.1) is 0 Å². The molecule has 3 heterocycles. The van der Waals surface area contributed by atoms with Gasteiger partial charge in [0.1, 0.15) is 17.3 Å². The van der Waals surface area contributed by atoms with E-state index in [0.29, 0.717) is 5.82 Å². The maximum absolute atomic E-state index is 12.3. The number of carbonyl (C=O) groups is 1. The Hall–Kier alpha value is -3.28. The molecule has 1 aliphatic rings. The van der Waals surface area contributed by atoms with E-state index in [-0.39, 0.29) is 11.6 Å². The minimum Gasteiger partial charge on any atom is -0.493 e. The molecular formula is C19H16N4O2. The molecule has 3 aromatic rings. The first-order valence-corrected chi connectivity index (χ1v) is 8.02. The average molecular weight is 332 g/mol. The number of rotatable bonds is 3. The number of aryl methyl sites for hydroxylation is 1. The van der Waals surface area contributed by atoms with Crippen LogP contribution in [-0.2, 0) is 6.42 Å². The lowest BCUT2D eigenvalue weighted by atomic mass is 10.1. The molecular weight excluding hydrogens is 316 g/mol. The van der Waals surface area contributed by atoms with E-state index in [4.69, 9.17) is 4.74 Å². The van der Waals surface area contributed by atoms with Crippen molar-refractivity contribution in [3.63, 3.8) is 0 Å². The molecule has 124 valence electrons. The molecule has 1 N–H and O–H groups in total. The number of hydrogen-bond donors (Lipinski definition) is 1. The zero-order valence-electron chi connectivity index (χ0n) is 13.7. The molecule has 4 rings (SSSR count). The number of anilines is 1. The second-order valence-electron chi connectivity index (χ2n) is 5.83. The Morgan fingerprint density at radius 1 is 1.16 bits per heavy atom. The average Bonchev–Trinajstić information content (AvgIpc) is 3.10. The summed E-state index contributed by atoms with van der Waals surface area (Å²) < 4.78 is 5.53. The number of carbonyl (C=O) groups excluding carboxylic acids is 1. The number of nitrogens with one attached hydrogen (secondary N) is 1. The van der Waals surface area contributed by atoms with E-state index in [2.05, 4.69) is 26.3 Å². The molecule has 1 amide bonds. The highest BCUT2D eigenvalue weighted by atomic mass is 16.5. The number of amides is 1. The summed E-state index contributed by atoms with van der Waals surface area (Å²) in [6.07, 6.45) is 3.92. The van der Waals surface area contributed by atoms with Gasteiger partial charge in [-0.3, -0.25) is 9.78 Å². The van der Waals surface area contributed by atoms with Crippen molar-refractivity contribution < 1.29 is 9.53 Å². The molecule has 1 aliphatic heterocycles. The minimum absolute atomic E-state index is 0.257. The molecule has 0 bridgehead atoms. The van der Waals surface area contributed by atoms with E-state index >= 15 is 0 Å². The van der Waals surface area contributed by atoms with E-state index in [1.165, 1.54) is 11.8 Å². The highest BCUT2D eigenvalue weighted by Crippen LogP contribution is 2.30. The number of nitrogens with zero attached hydrogens (tertiary/aromatic N) is 3. The smallest absolute Gasteiger partial charge is 0.277 e. The fourth-order valence-corrected chi connectivity index (χ4v) is 2.70. The zero-order chi connectivity index (χ0) is 17.2. The van der Waals surface area contributed by atoms with Gasteiger partial charge >= 0.3 is 0 Å². The van der Waals surface area contributed by atoms with Crippen molar-refractivity contribution in [3.05, 3.63) is 65.7 Å². The van der Waals surface area contributed by atoms with Crippen LogP contribution >= 0.6 is 0 Å². The topological polar surface area (TPSA) is 77.0 Å². The Bertz CT molecular complexity index is 938. The SMILES string of the molecule is Cc1cnc(C(=O)Nc2cccc(-c3ccc4c(c3)CCO4)n2)cn1. The van der Waals surface area contributed by atoms with E-state index in [1.807, 2.05) is 31.2 Å². The van der Waals surface area contributed by atoms with Crippen LogP contribution in [0.15, 0.2) is 48.8 Å². The van der Waals surface area contributed by atoms with Gasteiger partial charge in [0, 0.05) is 18.2 Å². The Morgan fingerprint density at radius 3 is 2.92 bits per heavy atom. The van der Waals surface area contributed by atoms with Crippen LogP contribution < -0.4 is 10.1 Å². The summed E-state index contributed by atoms with van der Waals surface area (Å²) in [7, 11) is 0. The fraction of sp³-hybridized carbons (Fsp3) is 0.158. The van der Waals surface area contributed by atoms with Crippen molar-refractivity contribution in [2.45, 2.75) is 13.3 Å². The van der Waals surface area contributed by atoms with E-state index in [0.717, 1.165) is 35.7 Å². The van der Waals surface area contributed by atoms with Gasteiger partial charge < -0.3 is 10.1 Å². The van der Waals surface area contributed by atoms with Crippen molar-refractivity contribution in [3.8, 4) is 17.0 Å². The molecule has 0 saturated carbocycles. The van der Waals surface area contributed by atoms with Gasteiger partial charge in [0.05, 0.1) is 24.2 Å². The predicted molar refractivity (Wildman–Crippen MR) is 93.6 cm³/mol. The Kier molecular flexibility index (Phi) is 3.85. The number of aromatic nitrogens is 3. The summed E-state index contributed by atoms with van der Waals surface area (Å²) >= 11 is 0. The summed E-state index contributed by atoms with van der Waals surface area (Å²) in [4.78, 5) is 24.9. The lowest BCUT2D eigenvalue weighted by Crippen LogP contribution is -2.15.